The number of hydrogen-bond acceptors (Lipinski definition) is 2. The molecule has 13 heavy (non-hydrogen) atoms. The number of likely N-dealkylation sites (N-methyl/N-ethyl adjacent to an activating group) is 1. The van der Waals surface area contributed by atoms with Crippen LogP contribution in [-0.2, 0) is 4.79 Å². The van der Waals surface area contributed by atoms with E-state index in [1.165, 1.54) is 0 Å². The van der Waals surface area contributed by atoms with Crippen LogP contribution < -0.4 is 10.6 Å². The summed E-state index contributed by atoms with van der Waals surface area (Å²) >= 11 is 0. The minimum Gasteiger partial charge on any atom is -0.325 e. The van der Waals surface area contributed by atoms with Crippen molar-refractivity contribution in [2.45, 2.75) is 0 Å². The minimum absolute atomic E-state index is 0.0481. The molecule has 3 heteroatoms. The number of carbonyl (C=O) groups is 1. The molecule has 3 nitrogen and oxygen atoms in total. The van der Waals surface area contributed by atoms with Crippen molar-refractivity contribution in [2.24, 2.45) is 0 Å². The number of hydrogen-bond donors (Lipinski definition) is 2. The Bertz CT molecular complexity index is 297. The van der Waals surface area contributed by atoms with Crippen molar-refractivity contribution in [1.29, 1.82) is 0 Å². The first kappa shape index (κ1) is 9.74. The Balaban J connectivity index is 2.58. The van der Waals surface area contributed by atoms with Gasteiger partial charge in [0.05, 0.1) is 6.54 Å². The van der Waals surface area contributed by atoms with Crippen LogP contribution in [-0.4, -0.2) is 19.5 Å². The monoisotopic (exact) mass is 177 g/mol. The van der Waals surface area contributed by atoms with Gasteiger partial charge in [-0.15, -0.1) is 0 Å². The van der Waals surface area contributed by atoms with E-state index >= 15 is 0 Å². The van der Waals surface area contributed by atoms with Crippen molar-refractivity contribution in [3.05, 3.63) is 36.8 Å². The van der Waals surface area contributed by atoms with E-state index in [0.29, 0.717) is 6.54 Å². The third-order valence-corrected chi connectivity index (χ3v) is 1.55. The molecule has 0 bridgehead atoms. The Kier molecular flexibility index (Phi) is 3.46. The van der Waals surface area contributed by atoms with Gasteiger partial charge in [-0.2, -0.15) is 0 Å². The van der Waals surface area contributed by atoms with Gasteiger partial charge in [-0.05, 0) is 31.7 Å². The van der Waals surface area contributed by atoms with Gasteiger partial charge in [0, 0.05) is 5.69 Å². The summed E-state index contributed by atoms with van der Waals surface area (Å²) in [6.07, 6.45) is 0. The maximum Gasteiger partial charge on any atom is 0.238 e. The van der Waals surface area contributed by atoms with Gasteiger partial charge in [0.15, 0.2) is 0 Å². The van der Waals surface area contributed by atoms with E-state index < -0.39 is 0 Å². The molecule has 1 aromatic carbocycles. The van der Waals surface area contributed by atoms with Gasteiger partial charge in [-0.1, -0.05) is 12.1 Å². The molecule has 0 aliphatic carbocycles. The van der Waals surface area contributed by atoms with Crippen LogP contribution in [0.15, 0.2) is 24.3 Å². The number of amides is 1. The van der Waals surface area contributed by atoms with E-state index in [0.717, 1.165) is 11.3 Å². The molecule has 0 unspecified atom stereocenters. The Morgan fingerprint density at radius 3 is 2.92 bits per heavy atom. The van der Waals surface area contributed by atoms with Crippen LogP contribution in [0.2, 0.25) is 0 Å². The predicted molar refractivity (Wildman–Crippen MR) is 53.5 cm³/mol. The van der Waals surface area contributed by atoms with Gasteiger partial charge in [0.25, 0.3) is 0 Å². The number of nitrogens with one attached hydrogen (secondary N) is 2. The Labute approximate surface area is 78.2 Å². The molecule has 1 aromatic rings. The number of rotatable bonds is 3. The second-order valence-corrected chi connectivity index (χ2v) is 2.78. The standard InChI is InChI=1S/C10H13N2O/c1-8-4-3-5-9(6-8)12-10(13)7-11-2/h3-6,11H,1,7H2,2H3,(H,12,13). The topological polar surface area (TPSA) is 41.1 Å². The smallest absolute Gasteiger partial charge is 0.238 e. The summed E-state index contributed by atoms with van der Waals surface area (Å²) in [6, 6.07) is 7.40. The van der Waals surface area contributed by atoms with Gasteiger partial charge in [0.2, 0.25) is 5.91 Å². The Morgan fingerprint density at radius 2 is 2.31 bits per heavy atom. The zero-order valence-electron chi connectivity index (χ0n) is 7.63. The first-order valence-electron chi connectivity index (χ1n) is 4.09. The summed E-state index contributed by atoms with van der Waals surface area (Å²) in [4.78, 5) is 11.1. The molecule has 0 aromatic heterocycles. The van der Waals surface area contributed by atoms with E-state index in [2.05, 4.69) is 17.6 Å². The third-order valence-electron chi connectivity index (χ3n) is 1.55. The van der Waals surface area contributed by atoms with Crippen LogP contribution in [0, 0.1) is 6.92 Å². The molecule has 0 fully saturated rings. The molecule has 2 N–H and O–H groups in total. The minimum atomic E-state index is -0.0481. The fourth-order valence-electron chi connectivity index (χ4n) is 1.01. The molecule has 0 aliphatic heterocycles. The fraction of sp³-hybridized carbons (Fsp3) is 0.200. The second-order valence-electron chi connectivity index (χ2n) is 2.78. The Hall–Kier alpha value is -1.35. The van der Waals surface area contributed by atoms with Crippen LogP contribution in [0.3, 0.4) is 0 Å². The van der Waals surface area contributed by atoms with Crippen LogP contribution in [0.25, 0.3) is 0 Å². The molecule has 69 valence electrons. The lowest BCUT2D eigenvalue weighted by atomic mass is 10.2. The van der Waals surface area contributed by atoms with Crippen molar-refractivity contribution in [2.75, 3.05) is 18.9 Å². The summed E-state index contributed by atoms with van der Waals surface area (Å²) < 4.78 is 0. The van der Waals surface area contributed by atoms with Crippen molar-refractivity contribution in [3.63, 3.8) is 0 Å². The van der Waals surface area contributed by atoms with Crippen molar-refractivity contribution < 1.29 is 4.79 Å². The summed E-state index contributed by atoms with van der Waals surface area (Å²) in [5, 5.41) is 5.52. The van der Waals surface area contributed by atoms with Crippen LogP contribution in [0.5, 0.6) is 0 Å². The van der Waals surface area contributed by atoms with E-state index in [1.807, 2.05) is 24.3 Å². The van der Waals surface area contributed by atoms with Gasteiger partial charge < -0.3 is 10.6 Å². The van der Waals surface area contributed by atoms with E-state index in [9.17, 15) is 4.79 Å². The average molecular weight is 177 g/mol. The summed E-state index contributed by atoms with van der Waals surface area (Å²) in [6.45, 7) is 4.09. The highest BCUT2D eigenvalue weighted by molar-refractivity contribution is 5.92. The maximum atomic E-state index is 11.1. The van der Waals surface area contributed by atoms with E-state index in [4.69, 9.17) is 0 Å². The third kappa shape index (κ3) is 3.25. The largest absolute Gasteiger partial charge is 0.325 e. The molecule has 0 saturated carbocycles. The number of benzene rings is 1. The highest BCUT2D eigenvalue weighted by Crippen LogP contribution is 2.08. The highest BCUT2D eigenvalue weighted by atomic mass is 16.1. The van der Waals surface area contributed by atoms with Crippen LogP contribution in [0.4, 0.5) is 5.69 Å². The first-order chi connectivity index (χ1) is 6.22. The SMILES string of the molecule is [CH2]c1cccc(NC(=O)CNC)c1. The molecule has 1 rings (SSSR count). The molecule has 0 spiro atoms. The molecule has 0 saturated heterocycles. The summed E-state index contributed by atoms with van der Waals surface area (Å²) in [7, 11) is 1.73. The van der Waals surface area contributed by atoms with E-state index in [-0.39, 0.29) is 5.91 Å². The zero-order chi connectivity index (χ0) is 9.68. The Morgan fingerprint density at radius 1 is 1.54 bits per heavy atom. The van der Waals surface area contributed by atoms with Crippen molar-refractivity contribution in [3.8, 4) is 0 Å². The first-order valence-corrected chi connectivity index (χ1v) is 4.09. The quantitative estimate of drug-likeness (QED) is 0.724. The number of carbonyl (C=O) groups excluding carboxylic acids is 1. The lowest BCUT2D eigenvalue weighted by Crippen LogP contribution is -2.24. The fourth-order valence-corrected chi connectivity index (χ4v) is 1.01. The molecular weight excluding hydrogens is 164 g/mol. The van der Waals surface area contributed by atoms with Crippen LogP contribution in [0.1, 0.15) is 5.56 Å². The van der Waals surface area contributed by atoms with Gasteiger partial charge in [0.1, 0.15) is 0 Å². The summed E-state index contributed by atoms with van der Waals surface area (Å²) in [5.41, 5.74) is 1.68. The summed E-state index contributed by atoms with van der Waals surface area (Å²) in [5.74, 6) is -0.0481. The maximum absolute atomic E-state index is 11.1. The average Bonchev–Trinajstić information content (AvgIpc) is 2.04. The highest BCUT2D eigenvalue weighted by Gasteiger charge is 1.99. The molecule has 0 heterocycles. The lowest BCUT2D eigenvalue weighted by Gasteiger charge is -2.04. The van der Waals surface area contributed by atoms with Crippen LogP contribution >= 0.6 is 0 Å². The number of anilines is 1. The molecular formula is C10H13N2O. The molecule has 1 amide bonds. The van der Waals surface area contributed by atoms with Crippen molar-refractivity contribution in [1.82, 2.24) is 5.32 Å². The molecule has 0 atom stereocenters. The van der Waals surface area contributed by atoms with Gasteiger partial charge in [-0.25, -0.2) is 0 Å². The van der Waals surface area contributed by atoms with Gasteiger partial charge in [-0.3, -0.25) is 4.79 Å². The molecule has 1 radical (unpaired) electrons. The zero-order valence-corrected chi connectivity index (χ0v) is 7.63. The molecule has 0 aliphatic rings. The van der Waals surface area contributed by atoms with Gasteiger partial charge >= 0.3 is 0 Å². The predicted octanol–water partition coefficient (Wildman–Crippen LogP) is 1.03. The second kappa shape index (κ2) is 4.62. The normalized spacial score (nSPS) is 9.69. The van der Waals surface area contributed by atoms with E-state index in [1.54, 1.807) is 7.05 Å². The lowest BCUT2D eigenvalue weighted by molar-refractivity contribution is -0.115. The van der Waals surface area contributed by atoms with Crippen molar-refractivity contribution >= 4 is 11.6 Å².